The van der Waals surface area contributed by atoms with E-state index >= 15 is 0 Å². The maximum Gasteiger partial charge on any atom is 0.0642 e. The van der Waals surface area contributed by atoms with E-state index in [4.69, 9.17) is 4.74 Å². The van der Waals surface area contributed by atoms with Crippen LogP contribution in [0.1, 0.15) is 5.56 Å². The van der Waals surface area contributed by atoms with Crippen molar-refractivity contribution in [1.82, 2.24) is 5.43 Å². The van der Waals surface area contributed by atoms with Crippen molar-refractivity contribution >= 4 is 27.3 Å². The van der Waals surface area contributed by atoms with Crippen LogP contribution in [0, 0.1) is 0 Å². The molecule has 22 heavy (non-hydrogen) atoms. The Morgan fingerprint density at radius 2 is 1.82 bits per heavy atom. The number of hydrogen-bond donors (Lipinski definition) is 2. The van der Waals surface area contributed by atoms with Crippen molar-refractivity contribution < 1.29 is 4.74 Å². The lowest BCUT2D eigenvalue weighted by Gasteiger charge is -2.31. The van der Waals surface area contributed by atoms with Crippen molar-refractivity contribution in [1.29, 1.82) is 0 Å². The first-order valence-corrected chi connectivity index (χ1v) is 8.27. The van der Waals surface area contributed by atoms with Gasteiger partial charge in [0.1, 0.15) is 0 Å². The Bertz CT molecular complexity index is 600. The number of rotatable bonds is 5. The predicted octanol–water partition coefficient (Wildman–Crippen LogP) is 3.40. The molecule has 0 bridgehead atoms. The van der Waals surface area contributed by atoms with Gasteiger partial charge in [-0.2, -0.15) is 0 Å². The second-order valence-corrected chi connectivity index (χ2v) is 6.13. The van der Waals surface area contributed by atoms with Crippen molar-refractivity contribution in [2.45, 2.75) is 6.54 Å². The molecule has 0 aliphatic carbocycles. The molecule has 0 aromatic heterocycles. The summed E-state index contributed by atoms with van der Waals surface area (Å²) in [7, 11) is 0. The molecule has 0 amide bonds. The first-order chi connectivity index (χ1) is 10.8. The van der Waals surface area contributed by atoms with E-state index in [0.717, 1.165) is 43.0 Å². The average molecular weight is 362 g/mol. The number of anilines is 2. The second kappa shape index (κ2) is 7.63. The number of para-hydroxylation sites is 1. The summed E-state index contributed by atoms with van der Waals surface area (Å²) in [6.45, 7) is 4.23. The molecular weight excluding hydrogens is 342 g/mol. The Hall–Kier alpha value is -1.56. The Labute approximate surface area is 139 Å². The number of nitrogens with one attached hydrogen (secondary N) is 2. The third kappa shape index (κ3) is 4.00. The molecule has 0 spiro atoms. The molecule has 1 fully saturated rings. The molecule has 4 nitrogen and oxygen atoms in total. The van der Waals surface area contributed by atoms with Gasteiger partial charge in [0.05, 0.1) is 13.2 Å². The van der Waals surface area contributed by atoms with Crippen LogP contribution >= 0.6 is 15.9 Å². The zero-order valence-corrected chi connectivity index (χ0v) is 14.0. The molecule has 0 unspecified atom stereocenters. The van der Waals surface area contributed by atoms with Crippen molar-refractivity contribution in [3.8, 4) is 0 Å². The standard InChI is InChI=1S/C17H20BrN3O/c18-15-7-6-14(13-19-20-16-4-2-1-3-5-16)17(12-15)21-8-10-22-11-9-21/h1-7,12,19-20H,8-11,13H2. The molecule has 2 aromatic rings. The van der Waals surface area contributed by atoms with Gasteiger partial charge in [-0.1, -0.05) is 40.2 Å². The van der Waals surface area contributed by atoms with E-state index in [0.29, 0.717) is 0 Å². The van der Waals surface area contributed by atoms with Crippen molar-refractivity contribution in [3.05, 3.63) is 58.6 Å². The number of halogens is 1. The molecule has 2 aromatic carbocycles. The van der Waals surface area contributed by atoms with E-state index in [2.05, 4.69) is 49.9 Å². The number of morpholine rings is 1. The molecular formula is C17H20BrN3O. The summed E-state index contributed by atoms with van der Waals surface area (Å²) in [6, 6.07) is 16.6. The van der Waals surface area contributed by atoms with Crippen molar-refractivity contribution in [2.75, 3.05) is 36.6 Å². The first-order valence-electron chi connectivity index (χ1n) is 7.48. The summed E-state index contributed by atoms with van der Waals surface area (Å²) >= 11 is 3.57. The Morgan fingerprint density at radius 1 is 1.05 bits per heavy atom. The van der Waals surface area contributed by atoms with Gasteiger partial charge >= 0.3 is 0 Å². The van der Waals surface area contributed by atoms with Gasteiger partial charge < -0.3 is 15.1 Å². The first kappa shape index (κ1) is 15.3. The lowest BCUT2D eigenvalue weighted by atomic mass is 10.1. The van der Waals surface area contributed by atoms with Crippen LogP contribution < -0.4 is 15.8 Å². The smallest absolute Gasteiger partial charge is 0.0642 e. The molecule has 1 aliphatic rings. The Morgan fingerprint density at radius 3 is 2.59 bits per heavy atom. The highest BCUT2D eigenvalue weighted by molar-refractivity contribution is 9.10. The topological polar surface area (TPSA) is 36.5 Å². The van der Waals surface area contributed by atoms with Gasteiger partial charge in [-0.25, -0.2) is 5.43 Å². The van der Waals surface area contributed by atoms with Crippen LogP contribution in [-0.4, -0.2) is 26.3 Å². The fourth-order valence-corrected chi connectivity index (χ4v) is 2.90. The monoisotopic (exact) mass is 361 g/mol. The Kier molecular flexibility index (Phi) is 5.32. The molecule has 1 heterocycles. The highest BCUT2D eigenvalue weighted by Crippen LogP contribution is 2.26. The van der Waals surface area contributed by atoms with Gasteiger partial charge in [-0.3, -0.25) is 0 Å². The van der Waals surface area contributed by atoms with Crippen LogP contribution in [0.15, 0.2) is 53.0 Å². The van der Waals surface area contributed by atoms with Gasteiger partial charge in [-0.15, -0.1) is 0 Å². The zero-order valence-electron chi connectivity index (χ0n) is 12.4. The molecule has 5 heteroatoms. The molecule has 1 aliphatic heterocycles. The zero-order chi connectivity index (χ0) is 15.2. The fraction of sp³-hybridized carbons (Fsp3) is 0.294. The lowest BCUT2D eigenvalue weighted by molar-refractivity contribution is 0.122. The van der Waals surface area contributed by atoms with E-state index in [1.807, 2.05) is 30.3 Å². The van der Waals surface area contributed by atoms with E-state index in [9.17, 15) is 0 Å². The normalized spacial score (nSPS) is 14.9. The van der Waals surface area contributed by atoms with Crippen LogP contribution in [0.4, 0.5) is 11.4 Å². The minimum absolute atomic E-state index is 0.759. The number of hydrogen-bond acceptors (Lipinski definition) is 4. The predicted molar refractivity (Wildman–Crippen MR) is 94.1 cm³/mol. The van der Waals surface area contributed by atoms with Crippen LogP contribution in [0.25, 0.3) is 0 Å². The maximum atomic E-state index is 5.45. The second-order valence-electron chi connectivity index (χ2n) is 5.22. The van der Waals surface area contributed by atoms with Crippen LogP contribution in [-0.2, 0) is 11.3 Å². The van der Waals surface area contributed by atoms with E-state index in [1.165, 1.54) is 11.3 Å². The average Bonchev–Trinajstić information content (AvgIpc) is 2.58. The van der Waals surface area contributed by atoms with E-state index < -0.39 is 0 Å². The molecule has 0 radical (unpaired) electrons. The van der Waals surface area contributed by atoms with Crippen LogP contribution in [0.3, 0.4) is 0 Å². The van der Waals surface area contributed by atoms with Crippen molar-refractivity contribution in [3.63, 3.8) is 0 Å². The highest BCUT2D eigenvalue weighted by atomic mass is 79.9. The maximum absolute atomic E-state index is 5.45. The highest BCUT2D eigenvalue weighted by Gasteiger charge is 2.15. The minimum Gasteiger partial charge on any atom is -0.378 e. The lowest BCUT2D eigenvalue weighted by Crippen LogP contribution is -2.37. The summed E-state index contributed by atoms with van der Waals surface area (Å²) < 4.78 is 6.55. The summed E-state index contributed by atoms with van der Waals surface area (Å²) in [5.74, 6) is 0. The summed E-state index contributed by atoms with van der Waals surface area (Å²) in [5, 5.41) is 0. The molecule has 0 atom stereocenters. The third-order valence-corrected chi connectivity index (χ3v) is 4.18. The largest absolute Gasteiger partial charge is 0.378 e. The third-order valence-electron chi connectivity index (χ3n) is 3.68. The van der Waals surface area contributed by atoms with Crippen LogP contribution in [0.5, 0.6) is 0 Å². The number of ether oxygens (including phenoxy) is 1. The molecule has 3 rings (SSSR count). The number of benzene rings is 2. The molecule has 0 saturated carbocycles. The molecule has 1 saturated heterocycles. The molecule has 2 N–H and O–H groups in total. The summed E-state index contributed by atoms with van der Waals surface area (Å²) in [6.07, 6.45) is 0. The van der Waals surface area contributed by atoms with Gasteiger partial charge in [-0.05, 0) is 29.8 Å². The summed E-state index contributed by atoms with van der Waals surface area (Å²) in [5.41, 5.74) is 10.1. The van der Waals surface area contributed by atoms with E-state index in [1.54, 1.807) is 0 Å². The SMILES string of the molecule is Brc1ccc(CNNc2ccccc2)c(N2CCOCC2)c1. The van der Waals surface area contributed by atoms with Gasteiger partial charge in [0.15, 0.2) is 0 Å². The van der Waals surface area contributed by atoms with Crippen LogP contribution in [0.2, 0.25) is 0 Å². The minimum atomic E-state index is 0.759. The van der Waals surface area contributed by atoms with Gasteiger partial charge in [0, 0.05) is 35.5 Å². The van der Waals surface area contributed by atoms with E-state index in [-0.39, 0.29) is 0 Å². The fourth-order valence-electron chi connectivity index (χ4n) is 2.55. The number of nitrogens with zero attached hydrogens (tertiary/aromatic N) is 1. The van der Waals surface area contributed by atoms with Crippen molar-refractivity contribution in [2.24, 2.45) is 0 Å². The molecule has 116 valence electrons. The van der Waals surface area contributed by atoms with Gasteiger partial charge in [0.2, 0.25) is 0 Å². The van der Waals surface area contributed by atoms with Gasteiger partial charge in [0.25, 0.3) is 0 Å². The number of hydrazine groups is 1. The summed E-state index contributed by atoms with van der Waals surface area (Å²) in [4.78, 5) is 2.38. The Balaban J connectivity index is 1.67. The quantitative estimate of drug-likeness (QED) is 0.800.